The maximum atomic E-state index is 11.5. The lowest BCUT2D eigenvalue weighted by molar-refractivity contribution is -0.385. The number of nitro benzene ring substituents is 1. The maximum Gasteiger partial charge on any atom is 0.274 e. The molecule has 0 bridgehead atoms. The molecule has 134 valence electrons. The van der Waals surface area contributed by atoms with Crippen molar-refractivity contribution in [3.63, 3.8) is 0 Å². The first kappa shape index (κ1) is 17.4. The largest absolute Gasteiger partial charge is 0.329 e. The number of hydrogen-bond donors (Lipinski definition) is 2. The van der Waals surface area contributed by atoms with E-state index in [1.165, 1.54) is 12.5 Å². The molecule has 0 amide bonds. The van der Waals surface area contributed by atoms with Crippen LogP contribution >= 0.6 is 0 Å². The zero-order chi connectivity index (χ0) is 17.6. The number of benzene rings is 1. The Kier molecular flexibility index (Phi) is 5.67. The van der Waals surface area contributed by atoms with Gasteiger partial charge in [-0.15, -0.1) is 5.10 Å². The van der Waals surface area contributed by atoms with Crippen molar-refractivity contribution < 1.29 is 4.92 Å². The highest BCUT2D eigenvalue weighted by atomic mass is 16.6. The van der Waals surface area contributed by atoms with E-state index in [1.54, 1.807) is 18.2 Å². The van der Waals surface area contributed by atoms with Crippen LogP contribution in [0, 0.1) is 10.1 Å². The van der Waals surface area contributed by atoms with E-state index >= 15 is 0 Å². The van der Waals surface area contributed by atoms with Gasteiger partial charge in [0.25, 0.3) is 5.69 Å². The van der Waals surface area contributed by atoms with Gasteiger partial charge in [0.2, 0.25) is 0 Å². The lowest BCUT2D eigenvalue weighted by atomic mass is 9.95. The molecule has 3 rings (SSSR count). The minimum Gasteiger partial charge on any atom is -0.329 e. The smallest absolute Gasteiger partial charge is 0.274 e. The van der Waals surface area contributed by atoms with E-state index in [1.807, 2.05) is 4.68 Å². The van der Waals surface area contributed by atoms with Crippen molar-refractivity contribution in [1.82, 2.24) is 25.5 Å². The topological polar surface area (TPSA) is 125 Å². The highest BCUT2D eigenvalue weighted by Gasteiger charge is 2.30. The number of para-hydroxylation sites is 1. The highest BCUT2D eigenvalue weighted by Crippen LogP contribution is 2.33. The molecule has 0 spiro atoms. The summed E-state index contributed by atoms with van der Waals surface area (Å²) in [7, 11) is 0. The van der Waals surface area contributed by atoms with Gasteiger partial charge in [0.05, 0.1) is 16.5 Å². The molecule has 9 nitrogen and oxygen atoms in total. The van der Waals surface area contributed by atoms with Crippen molar-refractivity contribution in [2.75, 3.05) is 13.1 Å². The molecule has 3 N–H and O–H groups in total. The summed E-state index contributed by atoms with van der Waals surface area (Å²) in [6.07, 6.45) is 5.58. The van der Waals surface area contributed by atoms with Crippen LogP contribution < -0.4 is 11.1 Å². The van der Waals surface area contributed by atoms with Crippen LogP contribution in [0.1, 0.15) is 55.6 Å². The minimum atomic E-state index is -0.470. The summed E-state index contributed by atoms with van der Waals surface area (Å²) in [6.45, 7) is 0.927. The number of rotatable bonds is 7. The van der Waals surface area contributed by atoms with Crippen LogP contribution in [0.3, 0.4) is 0 Å². The number of aromatic nitrogens is 4. The Labute approximate surface area is 145 Å². The van der Waals surface area contributed by atoms with Crippen molar-refractivity contribution in [2.45, 2.75) is 44.2 Å². The van der Waals surface area contributed by atoms with Crippen molar-refractivity contribution in [1.29, 1.82) is 0 Å². The third-order valence-corrected chi connectivity index (χ3v) is 4.63. The molecule has 25 heavy (non-hydrogen) atoms. The molecule has 1 aliphatic rings. The number of nitrogens with two attached hydrogens (primary N) is 1. The van der Waals surface area contributed by atoms with E-state index in [0.29, 0.717) is 24.5 Å². The van der Waals surface area contributed by atoms with Gasteiger partial charge in [0, 0.05) is 19.2 Å². The molecular weight excluding hydrogens is 322 g/mol. The number of nitrogens with one attached hydrogen (secondary N) is 1. The number of tetrazole rings is 1. The van der Waals surface area contributed by atoms with Gasteiger partial charge in [0.15, 0.2) is 5.82 Å². The van der Waals surface area contributed by atoms with E-state index in [2.05, 4.69) is 20.8 Å². The second kappa shape index (κ2) is 8.13. The first-order chi connectivity index (χ1) is 12.2. The van der Waals surface area contributed by atoms with E-state index in [9.17, 15) is 10.1 Å². The molecule has 1 aromatic carbocycles. The summed E-state index contributed by atoms with van der Waals surface area (Å²) in [5, 5.41) is 26.9. The van der Waals surface area contributed by atoms with Crippen LogP contribution in [-0.2, 0) is 0 Å². The summed E-state index contributed by atoms with van der Waals surface area (Å²) in [4.78, 5) is 11.1. The van der Waals surface area contributed by atoms with Crippen molar-refractivity contribution in [2.24, 2.45) is 5.73 Å². The molecular formula is C16H23N7O2. The predicted molar refractivity (Wildman–Crippen MR) is 91.9 cm³/mol. The fourth-order valence-electron chi connectivity index (χ4n) is 3.44. The van der Waals surface area contributed by atoms with Gasteiger partial charge in [-0.3, -0.25) is 10.1 Å². The second-order valence-electron chi connectivity index (χ2n) is 6.27. The Morgan fingerprint density at radius 1 is 1.32 bits per heavy atom. The zero-order valence-electron chi connectivity index (χ0n) is 14.0. The number of hydrogen-bond acceptors (Lipinski definition) is 7. The van der Waals surface area contributed by atoms with Crippen LogP contribution in [0.5, 0.6) is 0 Å². The average molecular weight is 345 g/mol. The quantitative estimate of drug-likeness (QED) is 0.578. The van der Waals surface area contributed by atoms with E-state index in [-0.39, 0.29) is 16.7 Å². The fourth-order valence-corrected chi connectivity index (χ4v) is 3.44. The molecule has 0 radical (unpaired) electrons. The van der Waals surface area contributed by atoms with Crippen LogP contribution in [0.15, 0.2) is 24.3 Å². The van der Waals surface area contributed by atoms with Crippen molar-refractivity contribution in [3.8, 4) is 0 Å². The van der Waals surface area contributed by atoms with Gasteiger partial charge in [-0.25, -0.2) is 4.68 Å². The third kappa shape index (κ3) is 3.83. The standard InChI is InChI=1S/C16H23N7O2/c17-10-11-18-15(13-8-4-5-9-14(13)23(24)25)16-19-20-21-22(16)12-6-2-1-3-7-12/h4-5,8-9,12,15,18H,1-3,6-7,10-11,17H2. The summed E-state index contributed by atoms with van der Waals surface area (Å²) >= 11 is 0. The molecule has 1 aromatic heterocycles. The van der Waals surface area contributed by atoms with E-state index in [4.69, 9.17) is 5.73 Å². The molecule has 1 unspecified atom stereocenters. The van der Waals surface area contributed by atoms with Gasteiger partial charge >= 0.3 is 0 Å². The van der Waals surface area contributed by atoms with Crippen LogP contribution in [0.25, 0.3) is 0 Å². The molecule has 2 aromatic rings. The Bertz CT molecular complexity index is 712. The Hall–Kier alpha value is -2.39. The fraction of sp³-hybridized carbons (Fsp3) is 0.562. The lowest BCUT2D eigenvalue weighted by Crippen LogP contribution is -2.31. The Balaban J connectivity index is 2.00. The average Bonchev–Trinajstić information content (AvgIpc) is 3.12. The van der Waals surface area contributed by atoms with Crippen LogP contribution in [0.2, 0.25) is 0 Å². The molecule has 0 saturated heterocycles. The summed E-state index contributed by atoms with van der Waals surface area (Å²) in [5.41, 5.74) is 6.23. The van der Waals surface area contributed by atoms with Gasteiger partial charge in [0.1, 0.15) is 6.04 Å². The van der Waals surface area contributed by atoms with E-state index in [0.717, 1.165) is 25.7 Å². The Morgan fingerprint density at radius 2 is 2.08 bits per heavy atom. The SMILES string of the molecule is NCCNC(c1ccccc1[N+](=O)[O-])c1nnnn1C1CCCCC1. The van der Waals surface area contributed by atoms with Crippen molar-refractivity contribution in [3.05, 3.63) is 45.8 Å². The Morgan fingerprint density at radius 3 is 2.80 bits per heavy atom. The normalized spacial score (nSPS) is 16.7. The molecule has 1 heterocycles. The summed E-state index contributed by atoms with van der Waals surface area (Å²) < 4.78 is 1.84. The zero-order valence-corrected chi connectivity index (χ0v) is 14.0. The first-order valence-electron chi connectivity index (χ1n) is 8.67. The van der Waals surface area contributed by atoms with Crippen molar-refractivity contribution >= 4 is 5.69 Å². The molecule has 0 aliphatic heterocycles. The van der Waals surface area contributed by atoms with Gasteiger partial charge in [-0.05, 0) is 23.3 Å². The van der Waals surface area contributed by atoms with Gasteiger partial charge in [-0.2, -0.15) is 0 Å². The monoisotopic (exact) mass is 345 g/mol. The molecule has 1 aliphatic carbocycles. The maximum absolute atomic E-state index is 11.5. The van der Waals surface area contributed by atoms with Crippen LogP contribution in [0.4, 0.5) is 5.69 Å². The third-order valence-electron chi connectivity index (χ3n) is 4.63. The molecule has 1 saturated carbocycles. The molecule has 1 fully saturated rings. The summed E-state index contributed by atoms with van der Waals surface area (Å²) in [5.74, 6) is 0.606. The minimum absolute atomic E-state index is 0.0511. The number of nitro groups is 1. The van der Waals surface area contributed by atoms with E-state index < -0.39 is 6.04 Å². The summed E-state index contributed by atoms with van der Waals surface area (Å²) in [6, 6.07) is 6.46. The first-order valence-corrected chi connectivity index (χ1v) is 8.67. The molecule has 1 atom stereocenters. The lowest BCUT2D eigenvalue weighted by Gasteiger charge is -2.25. The second-order valence-corrected chi connectivity index (χ2v) is 6.27. The number of nitrogens with zero attached hydrogens (tertiary/aromatic N) is 5. The van der Waals surface area contributed by atoms with Gasteiger partial charge in [-0.1, -0.05) is 37.5 Å². The van der Waals surface area contributed by atoms with Gasteiger partial charge < -0.3 is 11.1 Å². The predicted octanol–water partition coefficient (Wildman–Crippen LogP) is 1.72. The van der Waals surface area contributed by atoms with Crippen LogP contribution in [-0.4, -0.2) is 38.2 Å². The highest BCUT2D eigenvalue weighted by molar-refractivity contribution is 5.44. The molecule has 9 heteroatoms.